The van der Waals surface area contributed by atoms with E-state index in [9.17, 15) is 9.59 Å². The summed E-state index contributed by atoms with van der Waals surface area (Å²) in [4.78, 5) is 29.6. The fourth-order valence-corrected chi connectivity index (χ4v) is 5.09. The molecule has 0 bridgehead atoms. The zero-order valence-electron chi connectivity index (χ0n) is 22.7. The van der Waals surface area contributed by atoms with E-state index in [1.54, 1.807) is 24.1 Å². The Hall–Kier alpha value is -4.32. The molecule has 0 saturated heterocycles. The minimum Gasteiger partial charge on any atom is -0.486 e. The normalized spacial score (nSPS) is 14.7. The predicted octanol–water partition coefficient (Wildman–Crippen LogP) is 6.26. The van der Waals surface area contributed by atoms with Gasteiger partial charge in [-0.15, -0.1) is 0 Å². The molecule has 1 atom stereocenters. The maximum atomic E-state index is 13.1. The molecule has 39 heavy (non-hydrogen) atoms. The van der Waals surface area contributed by atoms with Crippen LogP contribution in [-0.2, 0) is 24.4 Å². The largest absolute Gasteiger partial charge is 0.486 e. The molecule has 0 N–H and O–H groups in total. The molecule has 2 heterocycles. The van der Waals surface area contributed by atoms with E-state index in [0.29, 0.717) is 24.6 Å². The highest BCUT2D eigenvalue weighted by atomic mass is 16.5. The first kappa shape index (κ1) is 26.3. The molecule has 1 aliphatic heterocycles. The number of benzene rings is 3. The van der Waals surface area contributed by atoms with Crippen molar-refractivity contribution in [3.63, 3.8) is 0 Å². The summed E-state index contributed by atoms with van der Waals surface area (Å²) in [5.74, 6) is 1.42. The fraction of sp³-hybridized carbons (Fsp3) is 0.273. The van der Waals surface area contributed by atoms with Crippen LogP contribution in [0.25, 0.3) is 0 Å². The van der Waals surface area contributed by atoms with Crippen molar-refractivity contribution < 1.29 is 18.7 Å². The molecule has 6 heteroatoms. The molecule has 0 radical (unpaired) electrons. The summed E-state index contributed by atoms with van der Waals surface area (Å²) >= 11 is 0. The van der Waals surface area contributed by atoms with Gasteiger partial charge in [0.1, 0.15) is 18.1 Å². The Balaban J connectivity index is 1.31. The Labute approximate surface area is 229 Å². The van der Waals surface area contributed by atoms with Gasteiger partial charge in [0.05, 0.1) is 6.04 Å². The molecule has 1 aromatic heterocycles. The van der Waals surface area contributed by atoms with E-state index in [4.69, 9.17) is 9.15 Å². The van der Waals surface area contributed by atoms with E-state index in [2.05, 4.69) is 18.2 Å². The molecule has 4 aromatic rings. The molecule has 0 aliphatic carbocycles. The van der Waals surface area contributed by atoms with Crippen molar-refractivity contribution in [2.24, 2.45) is 5.92 Å². The molecular formula is C33H34N2O4. The molecule has 3 aromatic carbocycles. The summed E-state index contributed by atoms with van der Waals surface area (Å²) in [6.45, 7) is 5.27. The quantitative estimate of drug-likeness (QED) is 0.274. The number of carbonyl (C=O) groups is 2. The minimum absolute atomic E-state index is 0.0835. The van der Waals surface area contributed by atoms with E-state index >= 15 is 0 Å². The molecule has 0 fully saturated rings. The lowest BCUT2D eigenvalue weighted by atomic mass is 9.87. The van der Waals surface area contributed by atoms with Crippen molar-refractivity contribution in [3.05, 3.63) is 125 Å². The van der Waals surface area contributed by atoms with Gasteiger partial charge in [-0.05, 0) is 52.9 Å². The maximum Gasteiger partial charge on any atom is 0.289 e. The highest BCUT2D eigenvalue weighted by molar-refractivity contribution is 5.91. The van der Waals surface area contributed by atoms with Gasteiger partial charge < -0.3 is 19.0 Å². The third-order valence-electron chi connectivity index (χ3n) is 7.10. The van der Waals surface area contributed by atoms with Crippen LogP contribution in [0.4, 0.5) is 0 Å². The van der Waals surface area contributed by atoms with Crippen LogP contribution in [0.5, 0.6) is 5.75 Å². The Kier molecular flexibility index (Phi) is 7.82. The number of fused-ring (bicyclic) bond motifs is 1. The average Bonchev–Trinajstić information content (AvgIpc) is 3.44. The first-order chi connectivity index (χ1) is 18.9. The maximum absolute atomic E-state index is 13.1. The lowest BCUT2D eigenvalue weighted by molar-refractivity contribution is -0.136. The molecule has 200 valence electrons. The number of hydrogen-bond donors (Lipinski definition) is 0. The highest BCUT2D eigenvalue weighted by Crippen LogP contribution is 2.38. The topological polar surface area (TPSA) is 63.0 Å². The van der Waals surface area contributed by atoms with Crippen molar-refractivity contribution >= 4 is 11.8 Å². The van der Waals surface area contributed by atoms with Gasteiger partial charge in [-0.2, -0.15) is 0 Å². The predicted molar refractivity (Wildman–Crippen MR) is 150 cm³/mol. The summed E-state index contributed by atoms with van der Waals surface area (Å²) < 4.78 is 11.9. The molecule has 5 rings (SSSR count). The van der Waals surface area contributed by atoms with Gasteiger partial charge in [0.25, 0.3) is 5.91 Å². The van der Waals surface area contributed by atoms with Gasteiger partial charge in [0.15, 0.2) is 5.76 Å². The van der Waals surface area contributed by atoms with Gasteiger partial charge in [-0.3, -0.25) is 9.59 Å². The fourth-order valence-electron chi connectivity index (χ4n) is 5.09. The third-order valence-corrected chi connectivity index (χ3v) is 7.10. The molecular weight excluding hydrogens is 488 g/mol. The first-order valence-corrected chi connectivity index (χ1v) is 13.4. The van der Waals surface area contributed by atoms with Crippen LogP contribution in [-0.4, -0.2) is 35.2 Å². The van der Waals surface area contributed by atoms with Crippen molar-refractivity contribution in [2.45, 2.75) is 39.5 Å². The molecule has 6 nitrogen and oxygen atoms in total. The van der Waals surface area contributed by atoms with E-state index in [0.717, 1.165) is 23.1 Å². The second-order valence-corrected chi connectivity index (χ2v) is 10.3. The van der Waals surface area contributed by atoms with Crippen LogP contribution in [0.1, 0.15) is 58.5 Å². The van der Waals surface area contributed by atoms with Crippen molar-refractivity contribution in [2.75, 3.05) is 13.6 Å². The van der Waals surface area contributed by atoms with Gasteiger partial charge in [-0.1, -0.05) is 80.6 Å². The zero-order valence-corrected chi connectivity index (χ0v) is 22.7. The number of carbonyl (C=O) groups excluding carboxylic acids is 2. The van der Waals surface area contributed by atoms with E-state index in [1.165, 1.54) is 5.56 Å². The third kappa shape index (κ3) is 5.90. The number of furan rings is 1. The van der Waals surface area contributed by atoms with Gasteiger partial charge >= 0.3 is 0 Å². The number of rotatable bonds is 8. The van der Waals surface area contributed by atoms with Crippen molar-refractivity contribution in [1.82, 2.24) is 9.80 Å². The van der Waals surface area contributed by atoms with E-state index in [1.807, 2.05) is 79.4 Å². The first-order valence-electron chi connectivity index (χ1n) is 13.4. The minimum atomic E-state index is -0.181. The van der Waals surface area contributed by atoms with Gasteiger partial charge in [0, 0.05) is 26.1 Å². The summed E-state index contributed by atoms with van der Waals surface area (Å²) in [5, 5.41) is 0. The smallest absolute Gasteiger partial charge is 0.289 e. The SMILES string of the molecule is CC(C)C(=O)N1CCc2ccc(OCc3ccc(C(=O)N(C)Cc4ccccc4)o3)cc2[C@H]1c1ccccc1. The monoisotopic (exact) mass is 522 g/mol. The van der Waals surface area contributed by atoms with Crippen molar-refractivity contribution in [1.29, 1.82) is 0 Å². The van der Waals surface area contributed by atoms with Crippen LogP contribution in [0, 0.1) is 5.92 Å². The van der Waals surface area contributed by atoms with Crippen LogP contribution in [0.15, 0.2) is 95.4 Å². The van der Waals surface area contributed by atoms with Crippen LogP contribution in [0.2, 0.25) is 0 Å². The summed E-state index contributed by atoms with van der Waals surface area (Å²) in [6.07, 6.45) is 0.803. The number of hydrogen-bond acceptors (Lipinski definition) is 4. The lowest BCUT2D eigenvalue weighted by Crippen LogP contribution is -2.42. The second-order valence-electron chi connectivity index (χ2n) is 10.3. The Morgan fingerprint density at radius 2 is 1.69 bits per heavy atom. The van der Waals surface area contributed by atoms with Gasteiger partial charge in [0.2, 0.25) is 5.91 Å². The van der Waals surface area contributed by atoms with Crippen molar-refractivity contribution in [3.8, 4) is 5.75 Å². The average molecular weight is 523 g/mol. The summed E-state index contributed by atoms with van der Waals surface area (Å²) in [6, 6.07) is 29.4. The van der Waals surface area contributed by atoms with E-state index in [-0.39, 0.29) is 36.1 Å². The molecule has 0 saturated carbocycles. The second kappa shape index (κ2) is 11.6. The Bertz CT molecular complexity index is 1430. The standard InChI is InChI=1S/C33H34N2O4/c1-23(2)32(36)35-19-18-25-14-15-27(20-29(25)31(35)26-12-8-5-9-13-26)38-22-28-16-17-30(39-28)33(37)34(3)21-24-10-6-4-7-11-24/h4-17,20,23,31H,18-19,21-22H2,1-3H3/t31-/m1/s1. The number of amides is 2. The summed E-state index contributed by atoms with van der Waals surface area (Å²) in [7, 11) is 1.76. The number of nitrogens with zero attached hydrogens (tertiary/aromatic N) is 2. The molecule has 0 unspecified atom stereocenters. The number of ether oxygens (including phenoxy) is 1. The molecule has 1 aliphatic rings. The molecule has 2 amide bonds. The molecule has 0 spiro atoms. The van der Waals surface area contributed by atoms with Crippen LogP contribution >= 0.6 is 0 Å². The zero-order chi connectivity index (χ0) is 27.4. The van der Waals surface area contributed by atoms with Gasteiger partial charge in [-0.25, -0.2) is 0 Å². The Morgan fingerprint density at radius 3 is 2.41 bits per heavy atom. The lowest BCUT2D eigenvalue weighted by Gasteiger charge is -2.39. The van der Waals surface area contributed by atoms with Crippen LogP contribution < -0.4 is 4.74 Å². The van der Waals surface area contributed by atoms with Crippen LogP contribution in [0.3, 0.4) is 0 Å². The highest BCUT2D eigenvalue weighted by Gasteiger charge is 2.33. The van der Waals surface area contributed by atoms with E-state index < -0.39 is 0 Å². The Morgan fingerprint density at radius 1 is 0.974 bits per heavy atom. The summed E-state index contributed by atoms with van der Waals surface area (Å²) in [5.41, 5.74) is 4.44.